The van der Waals surface area contributed by atoms with Crippen LogP contribution >= 0.6 is 0 Å². The molecule has 25 heavy (non-hydrogen) atoms. The Labute approximate surface area is 146 Å². The standard InChI is InChI=1S/C18H23N3O4/c1-3-25-16(22)12-21-17(13(2)20-8-10-24-11-9-20)19-15-7-5-4-6-14(15)18(21)23/h4-7,13H,3,8-12H2,1-2H3/p+1/t13-/m1/s1. The van der Waals surface area contributed by atoms with Crippen molar-refractivity contribution in [3.05, 3.63) is 40.4 Å². The van der Waals surface area contributed by atoms with Gasteiger partial charge in [0.15, 0.2) is 5.82 Å². The second-order valence-corrected chi connectivity index (χ2v) is 6.18. The van der Waals surface area contributed by atoms with Crippen LogP contribution in [0.3, 0.4) is 0 Å². The number of para-hydroxylation sites is 1. The van der Waals surface area contributed by atoms with E-state index < -0.39 is 5.97 Å². The number of morpholine rings is 1. The first-order valence-electron chi connectivity index (χ1n) is 8.69. The zero-order valence-corrected chi connectivity index (χ0v) is 14.7. The van der Waals surface area contributed by atoms with Gasteiger partial charge in [-0.05, 0) is 26.0 Å². The molecule has 1 aliphatic rings. The number of aromatic nitrogens is 2. The van der Waals surface area contributed by atoms with Crippen molar-refractivity contribution >= 4 is 16.9 Å². The average molecular weight is 346 g/mol. The Morgan fingerprint density at radius 2 is 2.08 bits per heavy atom. The van der Waals surface area contributed by atoms with E-state index in [2.05, 4.69) is 0 Å². The van der Waals surface area contributed by atoms with Gasteiger partial charge < -0.3 is 14.4 Å². The maximum absolute atomic E-state index is 13.0. The summed E-state index contributed by atoms with van der Waals surface area (Å²) in [5.41, 5.74) is 0.454. The Kier molecular flexibility index (Phi) is 5.45. The van der Waals surface area contributed by atoms with Crippen molar-refractivity contribution in [1.82, 2.24) is 9.55 Å². The molecule has 0 unspecified atom stereocenters. The lowest BCUT2D eigenvalue weighted by Gasteiger charge is -2.30. The minimum atomic E-state index is -0.424. The summed E-state index contributed by atoms with van der Waals surface area (Å²) in [6, 6.07) is 7.21. The van der Waals surface area contributed by atoms with Crippen LogP contribution in [-0.2, 0) is 20.8 Å². The van der Waals surface area contributed by atoms with Gasteiger partial charge in [0, 0.05) is 0 Å². The highest BCUT2D eigenvalue weighted by atomic mass is 16.5. The number of nitrogens with zero attached hydrogens (tertiary/aromatic N) is 2. The van der Waals surface area contributed by atoms with Gasteiger partial charge >= 0.3 is 5.97 Å². The van der Waals surface area contributed by atoms with Gasteiger partial charge in [-0.15, -0.1) is 0 Å². The van der Waals surface area contributed by atoms with E-state index in [0.717, 1.165) is 13.1 Å². The van der Waals surface area contributed by atoms with E-state index in [1.807, 2.05) is 19.1 Å². The van der Waals surface area contributed by atoms with Crippen LogP contribution in [0.1, 0.15) is 25.7 Å². The van der Waals surface area contributed by atoms with Gasteiger partial charge in [-0.3, -0.25) is 14.2 Å². The molecule has 1 N–H and O–H groups in total. The van der Waals surface area contributed by atoms with E-state index in [1.165, 1.54) is 9.47 Å². The first-order chi connectivity index (χ1) is 12.1. The van der Waals surface area contributed by atoms with Crippen LogP contribution in [0.15, 0.2) is 29.1 Å². The van der Waals surface area contributed by atoms with Crippen molar-refractivity contribution in [2.75, 3.05) is 32.9 Å². The molecule has 1 aliphatic heterocycles. The van der Waals surface area contributed by atoms with E-state index >= 15 is 0 Å². The summed E-state index contributed by atoms with van der Waals surface area (Å²) in [7, 11) is 0. The predicted octanol–water partition coefficient (Wildman–Crippen LogP) is -0.0643. The maximum Gasteiger partial charge on any atom is 0.326 e. The molecule has 7 nitrogen and oxygen atoms in total. The molecule has 0 spiro atoms. The molecule has 1 aromatic heterocycles. The number of ether oxygens (including phenoxy) is 2. The minimum Gasteiger partial charge on any atom is -0.465 e. The third kappa shape index (κ3) is 3.72. The van der Waals surface area contributed by atoms with Crippen molar-refractivity contribution in [3.63, 3.8) is 0 Å². The molecule has 2 aromatic rings. The Balaban J connectivity index is 2.07. The van der Waals surface area contributed by atoms with Crippen LogP contribution in [0.25, 0.3) is 10.9 Å². The van der Waals surface area contributed by atoms with Crippen molar-refractivity contribution in [2.45, 2.75) is 26.4 Å². The second kappa shape index (κ2) is 7.76. The highest BCUT2D eigenvalue weighted by Crippen LogP contribution is 2.12. The molecule has 7 heteroatoms. The van der Waals surface area contributed by atoms with E-state index in [0.29, 0.717) is 29.9 Å². The number of carbonyl (C=O) groups is 1. The van der Waals surface area contributed by atoms with Crippen molar-refractivity contribution < 1.29 is 19.2 Å². The molecule has 134 valence electrons. The van der Waals surface area contributed by atoms with E-state index in [4.69, 9.17) is 14.5 Å². The Bertz CT molecular complexity index is 812. The molecule has 1 fully saturated rings. The van der Waals surface area contributed by atoms with Crippen LogP contribution in [0.4, 0.5) is 0 Å². The number of hydrogen-bond acceptors (Lipinski definition) is 5. The number of hydrogen-bond donors (Lipinski definition) is 1. The molecular weight excluding hydrogens is 322 g/mol. The quantitative estimate of drug-likeness (QED) is 0.768. The zero-order chi connectivity index (χ0) is 17.8. The van der Waals surface area contributed by atoms with E-state index in [1.54, 1.807) is 19.1 Å². The summed E-state index contributed by atoms with van der Waals surface area (Å²) in [4.78, 5) is 31.0. The van der Waals surface area contributed by atoms with Crippen LogP contribution in [0, 0.1) is 0 Å². The second-order valence-electron chi connectivity index (χ2n) is 6.18. The molecule has 0 aliphatic carbocycles. The van der Waals surface area contributed by atoms with Gasteiger partial charge in [-0.1, -0.05) is 12.1 Å². The number of rotatable bonds is 5. The van der Waals surface area contributed by atoms with Crippen LogP contribution < -0.4 is 10.5 Å². The SMILES string of the molecule is CCOC(=O)Cn1c([C@@H](C)[NH+]2CCOCC2)nc2ccccc2c1=O. The highest BCUT2D eigenvalue weighted by molar-refractivity contribution is 5.78. The predicted molar refractivity (Wildman–Crippen MR) is 92.6 cm³/mol. The monoisotopic (exact) mass is 346 g/mol. The molecule has 1 saturated heterocycles. The number of quaternary nitrogens is 1. The lowest BCUT2D eigenvalue weighted by Crippen LogP contribution is -3.14. The summed E-state index contributed by atoms with van der Waals surface area (Å²) >= 11 is 0. The summed E-state index contributed by atoms with van der Waals surface area (Å²) in [5, 5.41) is 0.514. The fourth-order valence-electron chi connectivity index (χ4n) is 3.25. The number of carbonyl (C=O) groups excluding carboxylic acids is 1. The molecule has 0 amide bonds. The summed E-state index contributed by atoms with van der Waals surface area (Å²) < 4.78 is 11.9. The maximum atomic E-state index is 13.0. The third-order valence-electron chi connectivity index (χ3n) is 4.62. The Morgan fingerprint density at radius 1 is 1.36 bits per heavy atom. The smallest absolute Gasteiger partial charge is 0.326 e. The largest absolute Gasteiger partial charge is 0.465 e. The minimum absolute atomic E-state index is 0.0179. The van der Waals surface area contributed by atoms with Gasteiger partial charge in [-0.2, -0.15) is 0 Å². The Morgan fingerprint density at radius 3 is 2.80 bits per heavy atom. The van der Waals surface area contributed by atoms with Gasteiger partial charge in [0.1, 0.15) is 25.7 Å². The highest BCUT2D eigenvalue weighted by Gasteiger charge is 2.28. The summed E-state index contributed by atoms with van der Waals surface area (Å²) in [6.45, 7) is 7.04. The molecule has 2 heterocycles. The summed E-state index contributed by atoms with van der Waals surface area (Å²) in [6.07, 6.45) is 0. The van der Waals surface area contributed by atoms with Crippen molar-refractivity contribution in [1.29, 1.82) is 0 Å². The average Bonchev–Trinajstić information content (AvgIpc) is 2.64. The van der Waals surface area contributed by atoms with E-state index in [9.17, 15) is 9.59 Å². The van der Waals surface area contributed by atoms with Crippen LogP contribution in [-0.4, -0.2) is 48.4 Å². The van der Waals surface area contributed by atoms with Crippen molar-refractivity contribution in [3.8, 4) is 0 Å². The first kappa shape index (κ1) is 17.6. The molecule has 0 saturated carbocycles. The lowest BCUT2D eigenvalue weighted by atomic mass is 10.2. The fraction of sp³-hybridized carbons (Fsp3) is 0.500. The number of fused-ring (bicyclic) bond motifs is 1. The topological polar surface area (TPSA) is 74.9 Å². The molecule has 0 radical (unpaired) electrons. The number of esters is 1. The first-order valence-corrected chi connectivity index (χ1v) is 8.69. The zero-order valence-electron chi connectivity index (χ0n) is 14.7. The third-order valence-corrected chi connectivity index (χ3v) is 4.62. The normalized spacial score (nSPS) is 16.7. The fourth-order valence-corrected chi connectivity index (χ4v) is 3.25. The molecule has 0 bridgehead atoms. The van der Waals surface area contributed by atoms with E-state index in [-0.39, 0.29) is 24.8 Å². The van der Waals surface area contributed by atoms with Gasteiger partial charge in [-0.25, -0.2) is 4.98 Å². The van der Waals surface area contributed by atoms with Gasteiger partial charge in [0.05, 0.1) is 30.7 Å². The number of nitrogens with one attached hydrogen (secondary N) is 1. The molecule has 1 atom stereocenters. The Hall–Kier alpha value is -2.25. The van der Waals surface area contributed by atoms with Crippen molar-refractivity contribution in [2.24, 2.45) is 0 Å². The van der Waals surface area contributed by atoms with Gasteiger partial charge in [0.25, 0.3) is 5.56 Å². The summed E-state index contributed by atoms with van der Waals surface area (Å²) in [5.74, 6) is 0.195. The van der Waals surface area contributed by atoms with Gasteiger partial charge in [0.2, 0.25) is 0 Å². The van der Waals surface area contributed by atoms with Crippen LogP contribution in [0.2, 0.25) is 0 Å². The molecule has 1 aromatic carbocycles. The molecule has 3 rings (SSSR count). The number of benzene rings is 1. The lowest BCUT2D eigenvalue weighted by molar-refractivity contribution is -0.937. The molecular formula is C18H24N3O4+. The van der Waals surface area contributed by atoms with Crippen LogP contribution in [0.5, 0.6) is 0 Å².